The van der Waals surface area contributed by atoms with Crippen LogP contribution in [0.5, 0.6) is 0 Å². The normalized spacial score (nSPS) is 13.8. The van der Waals surface area contributed by atoms with E-state index in [-0.39, 0.29) is 3.85 Å². The van der Waals surface area contributed by atoms with Gasteiger partial charge in [-0.3, -0.25) is 0 Å². The summed E-state index contributed by atoms with van der Waals surface area (Å²) in [6.07, 6.45) is 0. The van der Waals surface area contributed by atoms with E-state index in [0.29, 0.717) is 0 Å². The van der Waals surface area contributed by atoms with E-state index in [1.54, 1.807) is 6.82 Å². The van der Waals surface area contributed by atoms with Gasteiger partial charge in [0.2, 0.25) is 0 Å². The van der Waals surface area contributed by atoms with Crippen LogP contribution in [0.2, 0.25) is 6.82 Å². The summed E-state index contributed by atoms with van der Waals surface area (Å²) in [5, 5.41) is 0. The molecule has 2 nitrogen and oxygen atoms in total. The molecular formula is CH4BIO2S. The Kier molecular flexibility index (Phi) is 3.43. The minimum absolute atomic E-state index is 0.150. The van der Waals surface area contributed by atoms with Crippen LogP contribution >= 0.6 is 22.4 Å². The molecule has 0 aromatic carbocycles. The lowest BCUT2D eigenvalue weighted by molar-refractivity contribution is 0.579. The van der Waals surface area contributed by atoms with Gasteiger partial charge in [0, 0.05) is 0 Å². The molecule has 0 spiro atoms. The summed E-state index contributed by atoms with van der Waals surface area (Å²) in [7, 11) is -1.63. The third kappa shape index (κ3) is 3.11. The molecule has 0 radical (unpaired) electrons. The van der Waals surface area contributed by atoms with Crippen molar-refractivity contribution in [3.05, 3.63) is 0 Å². The molecule has 0 saturated carbocycles. The topological polar surface area (TPSA) is 37.3 Å². The Labute approximate surface area is 52.8 Å². The maximum Gasteiger partial charge on any atom is 0.355 e. The largest absolute Gasteiger partial charge is 0.355 e. The first-order valence-electron chi connectivity index (χ1n) is 1.38. The maximum atomic E-state index is 9.80. The van der Waals surface area contributed by atoms with Gasteiger partial charge in [-0.05, 0) is 0 Å². The molecule has 1 unspecified atom stereocenters. The fourth-order valence-corrected chi connectivity index (χ4v) is 0. The highest BCUT2D eigenvalue weighted by Crippen LogP contribution is 1.94. The Hall–Kier alpha value is 0.905. The van der Waals surface area contributed by atoms with Crippen molar-refractivity contribution in [1.82, 2.24) is 0 Å². The van der Waals surface area contributed by atoms with Crippen LogP contribution < -0.4 is 0 Å². The zero-order chi connectivity index (χ0) is 5.15. The van der Waals surface area contributed by atoms with Crippen LogP contribution in [-0.4, -0.2) is 12.6 Å². The molecule has 0 rings (SSSR count). The van der Waals surface area contributed by atoms with Gasteiger partial charge in [0.25, 0.3) is 0 Å². The molecule has 6 heavy (non-hydrogen) atoms. The van der Waals surface area contributed by atoms with E-state index in [9.17, 15) is 4.21 Å². The lowest BCUT2D eigenvalue weighted by atomic mass is 10.2. The lowest BCUT2D eigenvalue weighted by Gasteiger charge is -1.83. The molecule has 1 atom stereocenters. The first kappa shape index (κ1) is 6.90. The molecule has 0 bridgehead atoms. The van der Waals surface area contributed by atoms with E-state index in [2.05, 4.69) is 0 Å². The molecule has 0 aliphatic carbocycles. The first-order chi connectivity index (χ1) is 2.64. The Morgan fingerprint density at radius 1 is 2.00 bits per heavy atom. The zero-order valence-electron chi connectivity index (χ0n) is 3.22. The summed E-state index contributed by atoms with van der Waals surface area (Å²) in [4.78, 5) is 0. The smallest absolute Gasteiger partial charge is 0.314 e. The van der Waals surface area contributed by atoms with Gasteiger partial charge in [-0.2, -0.15) is 0 Å². The lowest BCUT2D eigenvalue weighted by Crippen LogP contribution is -2.03. The van der Waals surface area contributed by atoms with E-state index in [4.69, 9.17) is 4.55 Å². The van der Waals surface area contributed by atoms with Crippen LogP contribution in [-0.2, 0) is 10.9 Å². The second-order valence-electron chi connectivity index (χ2n) is 0.819. The highest BCUT2D eigenvalue weighted by Gasteiger charge is 2.06. The minimum atomic E-state index is -1.63. The highest BCUT2D eigenvalue weighted by molar-refractivity contribution is 14.1. The predicted octanol–water partition coefficient (Wildman–Crippen LogP) is 0.761. The number of hydrogen-bond acceptors (Lipinski definition) is 1. The van der Waals surface area contributed by atoms with E-state index >= 15 is 0 Å². The minimum Gasteiger partial charge on any atom is -0.314 e. The molecule has 36 valence electrons. The zero-order valence-corrected chi connectivity index (χ0v) is 6.19. The first-order valence-corrected chi connectivity index (χ1v) is 3.80. The Morgan fingerprint density at radius 3 is 2.17 bits per heavy atom. The molecule has 5 heteroatoms. The summed E-state index contributed by atoms with van der Waals surface area (Å²) in [6, 6.07) is 0. The molecule has 0 aromatic rings. The monoisotopic (exact) mass is 218 g/mol. The maximum absolute atomic E-state index is 9.80. The van der Waals surface area contributed by atoms with Crippen molar-refractivity contribution < 1.29 is 8.76 Å². The summed E-state index contributed by atoms with van der Waals surface area (Å²) in [5.74, 6) is 0. The quantitative estimate of drug-likeness (QED) is 0.400. The third-order valence-electron chi connectivity index (χ3n) is 0.278. The average Bonchev–Trinajstić information content (AvgIpc) is 1.36. The average molecular weight is 218 g/mol. The van der Waals surface area contributed by atoms with Crippen LogP contribution in [0, 0.1) is 0 Å². The second kappa shape index (κ2) is 2.98. The fraction of sp³-hybridized carbons (Fsp3) is 1.00. The van der Waals surface area contributed by atoms with Crippen LogP contribution in [0.15, 0.2) is 0 Å². The van der Waals surface area contributed by atoms with Crippen LogP contribution in [0.4, 0.5) is 0 Å². The molecule has 0 amide bonds. The standard InChI is InChI=1S/CH4BIO2S/c1-2(3)6(4)5/h1H3,(H,4,5). The van der Waals surface area contributed by atoms with Crippen molar-refractivity contribution in [3.63, 3.8) is 0 Å². The molecule has 0 saturated heterocycles. The van der Waals surface area contributed by atoms with Gasteiger partial charge in [-0.25, -0.2) is 4.21 Å². The Morgan fingerprint density at radius 2 is 2.17 bits per heavy atom. The van der Waals surface area contributed by atoms with Gasteiger partial charge >= 0.3 is 3.85 Å². The number of halogens is 1. The third-order valence-corrected chi connectivity index (χ3v) is 2.14. The molecular weight excluding hydrogens is 214 g/mol. The van der Waals surface area contributed by atoms with Crippen molar-refractivity contribution in [2.75, 3.05) is 0 Å². The highest BCUT2D eigenvalue weighted by atomic mass is 127. The van der Waals surface area contributed by atoms with Gasteiger partial charge in [0.05, 0.1) is 0 Å². The SMILES string of the molecule is CB(I)S(=O)O. The van der Waals surface area contributed by atoms with Crippen LogP contribution in [0.3, 0.4) is 0 Å². The van der Waals surface area contributed by atoms with Crippen LogP contribution in [0.25, 0.3) is 0 Å². The molecule has 0 heterocycles. The van der Waals surface area contributed by atoms with Crippen molar-refractivity contribution in [2.24, 2.45) is 0 Å². The summed E-state index contributed by atoms with van der Waals surface area (Å²) in [5.41, 5.74) is 0. The van der Waals surface area contributed by atoms with Crippen molar-refractivity contribution in [3.8, 4) is 0 Å². The summed E-state index contributed by atoms with van der Waals surface area (Å²) < 4.78 is 17.7. The van der Waals surface area contributed by atoms with Gasteiger partial charge in [0.15, 0.2) is 0 Å². The van der Waals surface area contributed by atoms with E-state index in [1.807, 2.05) is 22.4 Å². The molecule has 1 N–H and O–H groups in total. The van der Waals surface area contributed by atoms with Crippen molar-refractivity contribution in [2.45, 2.75) is 6.82 Å². The summed E-state index contributed by atoms with van der Waals surface area (Å²) >= 11 is 1.88. The fourth-order valence-electron chi connectivity index (χ4n) is 0. The van der Waals surface area contributed by atoms with Gasteiger partial charge in [-0.1, -0.05) is 6.82 Å². The van der Waals surface area contributed by atoms with Gasteiger partial charge < -0.3 is 4.55 Å². The van der Waals surface area contributed by atoms with E-state index in [0.717, 1.165) is 0 Å². The molecule has 0 aliphatic heterocycles. The van der Waals surface area contributed by atoms with Gasteiger partial charge in [0.1, 0.15) is 10.9 Å². The van der Waals surface area contributed by atoms with E-state index < -0.39 is 10.9 Å². The van der Waals surface area contributed by atoms with Gasteiger partial charge in [-0.15, -0.1) is 22.4 Å². The van der Waals surface area contributed by atoms with Crippen molar-refractivity contribution in [1.29, 1.82) is 0 Å². The Bertz CT molecular complexity index is 64.6. The number of rotatable bonds is 1. The number of hydrogen-bond donors (Lipinski definition) is 1. The Balaban J connectivity index is 3.26. The second-order valence-corrected chi connectivity index (χ2v) is 4.79. The molecule has 0 fully saturated rings. The molecule has 0 aromatic heterocycles. The summed E-state index contributed by atoms with van der Waals surface area (Å²) in [6.45, 7) is 1.68. The van der Waals surface area contributed by atoms with Crippen LogP contribution in [0.1, 0.15) is 0 Å². The van der Waals surface area contributed by atoms with Crippen molar-refractivity contribution >= 4 is 37.2 Å². The van der Waals surface area contributed by atoms with E-state index in [1.165, 1.54) is 0 Å². The predicted molar refractivity (Wildman–Crippen MR) is 36.4 cm³/mol. The molecule has 0 aliphatic rings.